The Bertz CT molecular complexity index is 694. The molecule has 2 N–H and O–H groups in total. The van der Waals surface area contributed by atoms with Crippen molar-refractivity contribution in [2.75, 3.05) is 7.11 Å². The van der Waals surface area contributed by atoms with Crippen LogP contribution in [0.4, 0.5) is 0 Å². The summed E-state index contributed by atoms with van der Waals surface area (Å²) in [6, 6.07) is 3.08. The molecule has 2 aromatic heterocycles. The smallest absolute Gasteiger partial charge is 0.252 e. The van der Waals surface area contributed by atoms with E-state index in [1.54, 1.807) is 29.2 Å². The Balaban J connectivity index is 1.78. The van der Waals surface area contributed by atoms with Crippen molar-refractivity contribution < 1.29 is 14.6 Å². The van der Waals surface area contributed by atoms with Gasteiger partial charge >= 0.3 is 0 Å². The molecule has 0 saturated heterocycles. The molecule has 3 rings (SSSR count). The van der Waals surface area contributed by atoms with Crippen molar-refractivity contribution >= 4 is 5.91 Å². The second kappa shape index (κ2) is 6.37. The van der Waals surface area contributed by atoms with Gasteiger partial charge in [-0.3, -0.25) is 9.48 Å². The summed E-state index contributed by atoms with van der Waals surface area (Å²) in [5, 5.41) is 16.8. The zero-order chi connectivity index (χ0) is 16.4. The fourth-order valence-electron chi connectivity index (χ4n) is 2.86. The molecule has 1 atom stereocenters. The third-order valence-electron chi connectivity index (χ3n) is 4.20. The first kappa shape index (κ1) is 15.5. The zero-order valence-corrected chi connectivity index (χ0v) is 13.1. The lowest BCUT2D eigenvalue weighted by Gasteiger charge is -2.37. The van der Waals surface area contributed by atoms with Crippen LogP contribution in [-0.4, -0.2) is 39.0 Å². The standard InChI is InChI=1S/C16H20N4O3/c1-20-9-12(8-18-20)15(11-5-13(21)6-11)19-16(22)10-3-4-17-14(7-10)23-2/h3-4,7-9,11,13,15,21H,5-6H2,1-2H3,(H,19,22)/t11?,13?,15-/m1/s1. The minimum atomic E-state index is -0.280. The van der Waals surface area contributed by atoms with E-state index in [4.69, 9.17) is 4.74 Å². The molecule has 7 nitrogen and oxygen atoms in total. The molecule has 1 aliphatic rings. The maximum Gasteiger partial charge on any atom is 0.252 e. The van der Waals surface area contributed by atoms with Crippen LogP contribution in [0, 0.1) is 5.92 Å². The Morgan fingerprint density at radius 1 is 1.52 bits per heavy atom. The number of carbonyl (C=O) groups excluding carboxylic acids is 1. The normalized spacial score (nSPS) is 21.3. The Morgan fingerprint density at radius 2 is 2.30 bits per heavy atom. The van der Waals surface area contributed by atoms with E-state index in [2.05, 4.69) is 15.4 Å². The number of methoxy groups -OCH3 is 1. The van der Waals surface area contributed by atoms with Crippen molar-refractivity contribution in [2.24, 2.45) is 13.0 Å². The summed E-state index contributed by atoms with van der Waals surface area (Å²) < 4.78 is 6.76. The Hall–Kier alpha value is -2.41. The summed E-state index contributed by atoms with van der Waals surface area (Å²) in [7, 11) is 3.35. The average Bonchev–Trinajstić information content (AvgIpc) is 2.96. The average molecular weight is 316 g/mol. The first-order valence-electron chi connectivity index (χ1n) is 7.54. The molecule has 0 unspecified atom stereocenters. The van der Waals surface area contributed by atoms with Gasteiger partial charge in [-0.05, 0) is 24.8 Å². The van der Waals surface area contributed by atoms with Crippen LogP contribution in [0.1, 0.15) is 34.8 Å². The quantitative estimate of drug-likeness (QED) is 0.861. The van der Waals surface area contributed by atoms with Gasteiger partial charge in [0.1, 0.15) is 0 Å². The van der Waals surface area contributed by atoms with Crippen molar-refractivity contribution in [1.82, 2.24) is 20.1 Å². The Labute approximate surface area is 134 Å². The second-order valence-electron chi connectivity index (χ2n) is 5.87. The molecule has 1 amide bonds. The van der Waals surface area contributed by atoms with E-state index < -0.39 is 0 Å². The molecule has 0 radical (unpaired) electrons. The number of nitrogens with one attached hydrogen (secondary N) is 1. The van der Waals surface area contributed by atoms with Gasteiger partial charge in [0.05, 0.1) is 25.5 Å². The van der Waals surface area contributed by atoms with Crippen LogP contribution in [0.2, 0.25) is 0 Å². The van der Waals surface area contributed by atoms with Crippen LogP contribution in [0.3, 0.4) is 0 Å². The number of aliphatic hydroxyl groups excluding tert-OH is 1. The number of aromatic nitrogens is 3. The summed E-state index contributed by atoms with van der Waals surface area (Å²) >= 11 is 0. The molecule has 0 bridgehead atoms. The molecule has 1 aliphatic carbocycles. The molecule has 2 heterocycles. The fraction of sp³-hybridized carbons (Fsp3) is 0.438. The highest BCUT2D eigenvalue weighted by molar-refractivity contribution is 5.94. The second-order valence-corrected chi connectivity index (χ2v) is 5.87. The van der Waals surface area contributed by atoms with E-state index in [-0.39, 0.29) is 24.0 Å². The molecule has 1 saturated carbocycles. The lowest BCUT2D eigenvalue weighted by molar-refractivity contribution is 0.0235. The minimum absolute atomic E-state index is 0.168. The van der Waals surface area contributed by atoms with Gasteiger partial charge in [0, 0.05) is 36.6 Å². The predicted molar refractivity (Wildman–Crippen MR) is 82.9 cm³/mol. The van der Waals surface area contributed by atoms with Gasteiger partial charge in [-0.2, -0.15) is 5.10 Å². The molecule has 7 heteroatoms. The van der Waals surface area contributed by atoms with Crippen LogP contribution in [0.25, 0.3) is 0 Å². The van der Waals surface area contributed by atoms with Crippen LogP contribution in [-0.2, 0) is 7.05 Å². The molecular formula is C16H20N4O3. The third-order valence-corrected chi connectivity index (χ3v) is 4.20. The summed E-state index contributed by atoms with van der Waals surface area (Å²) in [6.07, 6.45) is 6.27. The number of aryl methyl sites for hydroxylation is 1. The van der Waals surface area contributed by atoms with Gasteiger partial charge < -0.3 is 15.2 Å². The molecule has 1 fully saturated rings. The number of hydrogen-bond acceptors (Lipinski definition) is 5. The molecule has 0 aromatic carbocycles. The van der Waals surface area contributed by atoms with Crippen molar-refractivity contribution in [1.29, 1.82) is 0 Å². The number of hydrogen-bond donors (Lipinski definition) is 2. The van der Waals surface area contributed by atoms with Gasteiger partial charge in [0.2, 0.25) is 5.88 Å². The van der Waals surface area contributed by atoms with Crippen LogP contribution >= 0.6 is 0 Å². The highest BCUT2D eigenvalue weighted by Crippen LogP contribution is 2.38. The number of nitrogens with zero attached hydrogens (tertiary/aromatic N) is 3. The van der Waals surface area contributed by atoms with Gasteiger partial charge in [-0.25, -0.2) is 4.98 Å². The molecule has 23 heavy (non-hydrogen) atoms. The van der Waals surface area contributed by atoms with E-state index in [0.717, 1.165) is 5.56 Å². The van der Waals surface area contributed by atoms with Gasteiger partial charge in [0.15, 0.2) is 0 Å². The molecule has 2 aromatic rings. The zero-order valence-electron chi connectivity index (χ0n) is 13.1. The van der Waals surface area contributed by atoms with Gasteiger partial charge in [-0.15, -0.1) is 0 Å². The number of amides is 1. The highest BCUT2D eigenvalue weighted by atomic mass is 16.5. The fourth-order valence-corrected chi connectivity index (χ4v) is 2.86. The van der Waals surface area contributed by atoms with E-state index >= 15 is 0 Å². The van der Waals surface area contributed by atoms with E-state index in [0.29, 0.717) is 24.3 Å². The van der Waals surface area contributed by atoms with Crippen molar-refractivity contribution in [2.45, 2.75) is 25.0 Å². The molecular weight excluding hydrogens is 296 g/mol. The summed E-state index contributed by atoms with van der Waals surface area (Å²) in [4.78, 5) is 16.5. The topological polar surface area (TPSA) is 89.3 Å². The van der Waals surface area contributed by atoms with Gasteiger partial charge in [0.25, 0.3) is 5.91 Å². The third kappa shape index (κ3) is 3.34. The predicted octanol–water partition coefficient (Wildman–Crippen LogP) is 1.07. The number of pyridine rings is 1. The van der Waals surface area contributed by atoms with Gasteiger partial charge in [-0.1, -0.05) is 0 Å². The van der Waals surface area contributed by atoms with Crippen LogP contribution < -0.4 is 10.1 Å². The van der Waals surface area contributed by atoms with E-state index in [1.165, 1.54) is 7.11 Å². The van der Waals surface area contributed by atoms with Crippen LogP contribution in [0.15, 0.2) is 30.7 Å². The number of aliphatic hydroxyl groups is 1. The summed E-state index contributed by atoms with van der Waals surface area (Å²) in [5.41, 5.74) is 1.43. The number of ether oxygens (including phenoxy) is 1. The largest absolute Gasteiger partial charge is 0.481 e. The highest BCUT2D eigenvalue weighted by Gasteiger charge is 2.36. The van der Waals surface area contributed by atoms with Crippen molar-refractivity contribution in [3.63, 3.8) is 0 Å². The first-order chi connectivity index (χ1) is 11.1. The minimum Gasteiger partial charge on any atom is -0.481 e. The summed E-state index contributed by atoms with van der Waals surface area (Å²) in [6.45, 7) is 0. The molecule has 122 valence electrons. The Kier molecular flexibility index (Phi) is 4.29. The van der Waals surface area contributed by atoms with E-state index in [1.807, 2.05) is 13.2 Å². The lowest BCUT2D eigenvalue weighted by Crippen LogP contribution is -2.41. The first-order valence-corrected chi connectivity index (χ1v) is 7.54. The SMILES string of the molecule is COc1cc(C(=O)N[C@@H](c2cnn(C)c2)C2CC(O)C2)ccn1. The maximum atomic E-state index is 12.5. The lowest BCUT2D eigenvalue weighted by atomic mass is 9.75. The molecule has 0 aliphatic heterocycles. The summed E-state index contributed by atoms with van der Waals surface area (Å²) in [5.74, 6) is 0.414. The Morgan fingerprint density at radius 3 is 2.91 bits per heavy atom. The van der Waals surface area contributed by atoms with Crippen molar-refractivity contribution in [3.8, 4) is 5.88 Å². The maximum absolute atomic E-state index is 12.5. The van der Waals surface area contributed by atoms with Crippen LogP contribution in [0.5, 0.6) is 5.88 Å². The molecule has 0 spiro atoms. The van der Waals surface area contributed by atoms with Crippen molar-refractivity contribution in [3.05, 3.63) is 41.9 Å². The van der Waals surface area contributed by atoms with E-state index in [9.17, 15) is 9.90 Å². The number of rotatable bonds is 5. The number of carbonyl (C=O) groups is 1. The monoisotopic (exact) mass is 316 g/mol.